The number of carbonyl (C=O) groups is 2. The maximum Gasteiger partial charge on any atom is 0.336 e. The number of carboxylic acids is 1. The number of carbonyl (C=O) groups excluding carboxylic acids is 1. The van der Waals surface area contributed by atoms with Gasteiger partial charge in [0.1, 0.15) is 0 Å². The molecule has 136 valence electrons. The molecular formula is C19H26N2O4. The van der Waals surface area contributed by atoms with Crippen molar-refractivity contribution in [3.8, 4) is 0 Å². The molecule has 1 amide bonds. The van der Waals surface area contributed by atoms with Gasteiger partial charge in [-0.1, -0.05) is 24.6 Å². The highest BCUT2D eigenvalue weighted by Crippen LogP contribution is 2.30. The topological polar surface area (TPSA) is 81.1 Å². The van der Waals surface area contributed by atoms with E-state index in [1.165, 1.54) is 6.42 Å². The van der Waals surface area contributed by atoms with Crippen molar-refractivity contribution in [1.82, 2.24) is 9.80 Å². The van der Waals surface area contributed by atoms with Gasteiger partial charge in [0.05, 0.1) is 11.7 Å². The van der Waals surface area contributed by atoms with Gasteiger partial charge in [-0.15, -0.1) is 0 Å². The van der Waals surface area contributed by atoms with Gasteiger partial charge < -0.3 is 15.1 Å². The van der Waals surface area contributed by atoms with Gasteiger partial charge in [0, 0.05) is 39.1 Å². The van der Waals surface area contributed by atoms with Crippen molar-refractivity contribution >= 4 is 11.9 Å². The fraction of sp³-hybridized carbons (Fsp3) is 0.579. The Balaban J connectivity index is 1.61. The molecule has 2 fully saturated rings. The molecule has 1 aromatic rings. The van der Waals surface area contributed by atoms with Crippen molar-refractivity contribution < 1.29 is 19.8 Å². The summed E-state index contributed by atoms with van der Waals surface area (Å²) in [6.45, 7) is 2.49. The van der Waals surface area contributed by atoms with E-state index >= 15 is 0 Å². The average molecular weight is 346 g/mol. The molecule has 1 aliphatic carbocycles. The summed E-state index contributed by atoms with van der Waals surface area (Å²) in [5, 5.41) is 19.6. The lowest BCUT2D eigenvalue weighted by molar-refractivity contribution is -0.133. The van der Waals surface area contributed by atoms with E-state index in [2.05, 4.69) is 0 Å². The van der Waals surface area contributed by atoms with Crippen LogP contribution in [0.5, 0.6) is 0 Å². The smallest absolute Gasteiger partial charge is 0.336 e. The highest BCUT2D eigenvalue weighted by atomic mass is 16.4. The zero-order valence-corrected chi connectivity index (χ0v) is 14.4. The summed E-state index contributed by atoms with van der Waals surface area (Å²) >= 11 is 0. The molecule has 2 aliphatic rings. The predicted molar refractivity (Wildman–Crippen MR) is 93.2 cm³/mol. The summed E-state index contributed by atoms with van der Waals surface area (Å²) in [4.78, 5) is 27.6. The molecule has 0 aromatic heterocycles. The molecule has 6 nitrogen and oxygen atoms in total. The molecule has 25 heavy (non-hydrogen) atoms. The van der Waals surface area contributed by atoms with E-state index in [1.54, 1.807) is 23.1 Å². The van der Waals surface area contributed by atoms with Crippen LogP contribution >= 0.6 is 0 Å². The fourth-order valence-corrected chi connectivity index (χ4v) is 3.61. The maximum atomic E-state index is 12.4. The number of aliphatic hydroxyl groups is 1. The standard InChI is InChI=1S/C19H26N2O4/c22-16-12-20(11-15-6-1-2-7-17(15)19(24)25)8-9-21(13-16)18(23)10-14-4-3-5-14/h1-2,6-7,14,16,22H,3-5,8-13H2,(H,24,25)/t16-/m1/s1. The molecule has 0 bridgehead atoms. The predicted octanol–water partition coefficient (Wildman–Crippen LogP) is 1.58. The number of amides is 1. The molecule has 0 spiro atoms. The molecule has 1 aliphatic heterocycles. The van der Waals surface area contributed by atoms with Crippen molar-refractivity contribution in [3.63, 3.8) is 0 Å². The van der Waals surface area contributed by atoms with Crippen molar-refractivity contribution in [2.75, 3.05) is 26.2 Å². The third-order valence-electron chi connectivity index (χ3n) is 5.27. The molecular weight excluding hydrogens is 320 g/mol. The Labute approximate surface area is 148 Å². The van der Waals surface area contributed by atoms with Crippen LogP contribution in [-0.2, 0) is 11.3 Å². The van der Waals surface area contributed by atoms with Crippen LogP contribution in [0, 0.1) is 5.92 Å². The number of β-amino-alcohol motifs (C(OH)–C–C–N with tert-alkyl or cyclic N) is 1. The van der Waals surface area contributed by atoms with Crippen molar-refractivity contribution in [1.29, 1.82) is 0 Å². The first-order valence-corrected chi connectivity index (χ1v) is 9.02. The Morgan fingerprint density at radius 1 is 1.12 bits per heavy atom. The van der Waals surface area contributed by atoms with E-state index in [4.69, 9.17) is 0 Å². The summed E-state index contributed by atoms with van der Waals surface area (Å²) in [6, 6.07) is 6.94. The van der Waals surface area contributed by atoms with Gasteiger partial charge in [-0.25, -0.2) is 4.79 Å². The quantitative estimate of drug-likeness (QED) is 0.846. The maximum absolute atomic E-state index is 12.4. The van der Waals surface area contributed by atoms with Gasteiger partial charge in [0.25, 0.3) is 0 Å². The lowest BCUT2D eigenvalue weighted by Gasteiger charge is -2.28. The lowest BCUT2D eigenvalue weighted by atomic mass is 9.82. The van der Waals surface area contributed by atoms with Gasteiger partial charge in [0.15, 0.2) is 0 Å². The van der Waals surface area contributed by atoms with E-state index in [9.17, 15) is 19.8 Å². The molecule has 1 aromatic carbocycles. The first kappa shape index (κ1) is 17.9. The Morgan fingerprint density at radius 3 is 2.56 bits per heavy atom. The van der Waals surface area contributed by atoms with Crippen LogP contribution in [-0.4, -0.2) is 64.2 Å². The Hall–Kier alpha value is -1.92. The second kappa shape index (κ2) is 7.97. The van der Waals surface area contributed by atoms with Crippen molar-refractivity contribution in [2.24, 2.45) is 5.92 Å². The summed E-state index contributed by atoms with van der Waals surface area (Å²) in [7, 11) is 0. The van der Waals surface area contributed by atoms with Crippen LogP contribution in [0.1, 0.15) is 41.6 Å². The molecule has 6 heteroatoms. The van der Waals surface area contributed by atoms with Crippen LogP contribution in [0.15, 0.2) is 24.3 Å². The van der Waals surface area contributed by atoms with Crippen LogP contribution < -0.4 is 0 Å². The highest BCUT2D eigenvalue weighted by Gasteiger charge is 2.28. The van der Waals surface area contributed by atoms with Gasteiger partial charge in [-0.3, -0.25) is 9.69 Å². The Kier molecular flexibility index (Phi) is 5.71. The monoisotopic (exact) mass is 346 g/mol. The molecule has 0 unspecified atom stereocenters. The van der Waals surface area contributed by atoms with Crippen molar-refractivity contribution in [2.45, 2.75) is 38.3 Å². The van der Waals surface area contributed by atoms with Crippen LogP contribution in [0.25, 0.3) is 0 Å². The van der Waals surface area contributed by atoms with Crippen LogP contribution in [0.3, 0.4) is 0 Å². The van der Waals surface area contributed by atoms with E-state index in [-0.39, 0.29) is 5.91 Å². The third kappa shape index (κ3) is 4.58. The first-order valence-electron chi connectivity index (χ1n) is 9.02. The Morgan fingerprint density at radius 2 is 1.88 bits per heavy atom. The molecule has 0 radical (unpaired) electrons. The fourth-order valence-electron chi connectivity index (χ4n) is 3.61. The summed E-state index contributed by atoms with van der Waals surface area (Å²) in [5.41, 5.74) is 1.02. The van der Waals surface area contributed by atoms with Crippen LogP contribution in [0.4, 0.5) is 0 Å². The largest absolute Gasteiger partial charge is 0.478 e. The molecule has 2 N–H and O–H groups in total. The summed E-state index contributed by atoms with van der Waals surface area (Å²) in [5.74, 6) is -0.286. The summed E-state index contributed by atoms with van der Waals surface area (Å²) < 4.78 is 0. The zero-order chi connectivity index (χ0) is 17.8. The molecule has 1 saturated heterocycles. The average Bonchev–Trinajstić information content (AvgIpc) is 2.72. The van der Waals surface area contributed by atoms with Crippen LogP contribution in [0.2, 0.25) is 0 Å². The molecule has 1 heterocycles. The number of hydrogen-bond acceptors (Lipinski definition) is 4. The SMILES string of the molecule is O=C(O)c1ccccc1CN1CCN(C(=O)CC2CCC2)C[C@H](O)C1. The van der Waals surface area contributed by atoms with Crippen molar-refractivity contribution in [3.05, 3.63) is 35.4 Å². The third-order valence-corrected chi connectivity index (χ3v) is 5.27. The van der Waals surface area contributed by atoms with E-state index in [0.29, 0.717) is 50.6 Å². The summed E-state index contributed by atoms with van der Waals surface area (Å²) in [6.07, 6.45) is 3.48. The number of aromatic carboxylic acids is 1. The van der Waals surface area contributed by atoms with E-state index in [1.807, 2.05) is 11.0 Å². The minimum Gasteiger partial charge on any atom is -0.478 e. The van der Waals surface area contributed by atoms with Gasteiger partial charge in [-0.2, -0.15) is 0 Å². The molecule has 3 rings (SSSR count). The minimum atomic E-state index is -0.941. The second-order valence-electron chi connectivity index (χ2n) is 7.19. The van der Waals surface area contributed by atoms with E-state index in [0.717, 1.165) is 18.4 Å². The molecule has 1 saturated carbocycles. The van der Waals surface area contributed by atoms with Gasteiger partial charge in [-0.05, 0) is 30.4 Å². The van der Waals surface area contributed by atoms with Gasteiger partial charge >= 0.3 is 5.97 Å². The number of benzene rings is 1. The second-order valence-corrected chi connectivity index (χ2v) is 7.19. The normalized spacial score (nSPS) is 22.3. The number of aliphatic hydroxyl groups excluding tert-OH is 1. The lowest BCUT2D eigenvalue weighted by Crippen LogP contribution is -2.39. The zero-order valence-electron chi connectivity index (χ0n) is 14.4. The first-order chi connectivity index (χ1) is 12.0. The van der Waals surface area contributed by atoms with E-state index < -0.39 is 12.1 Å². The minimum absolute atomic E-state index is 0.136. The number of nitrogens with zero attached hydrogens (tertiary/aromatic N) is 2. The number of hydrogen-bond donors (Lipinski definition) is 2. The number of carboxylic acid groups (broad SMARTS) is 1. The number of rotatable bonds is 5. The highest BCUT2D eigenvalue weighted by molar-refractivity contribution is 5.89. The molecule has 1 atom stereocenters. The Bertz CT molecular complexity index is 630. The van der Waals surface area contributed by atoms with Gasteiger partial charge in [0.2, 0.25) is 5.91 Å².